The molecule has 0 aromatic heterocycles. The van der Waals surface area contributed by atoms with Crippen LogP contribution in [0, 0.1) is 17.8 Å². The van der Waals surface area contributed by atoms with Crippen LogP contribution < -0.4 is 0 Å². The fraction of sp³-hybridized carbons (Fsp3) is 0.950. The summed E-state index contributed by atoms with van der Waals surface area (Å²) >= 11 is 0. The van der Waals surface area contributed by atoms with Crippen molar-refractivity contribution < 1.29 is 80.2 Å². The lowest BCUT2D eigenvalue weighted by atomic mass is 10.0. The molecule has 5 atom stereocenters. The van der Waals surface area contributed by atoms with Gasteiger partial charge in [-0.2, -0.15) is 0 Å². The second kappa shape index (κ2) is 70.4. The standard InChI is InChI=1S/C80H156O17P2/c1-8-9-10-11-12-40-47-54-61-77(82)90-67-75(97-80(85)64-57-50-43-36-30-33-39-46-53-60-73(6)7)69-94-98(86,87)92-65-74(81)66-93-99(88,89)95-70-76(68-91-78(83)62-55-48-41-34-28-24-21-17-19-23-27-32-38-45-52-59-72(4)5)96-79(84)63-56-49-42-35-29-25-20-16-14-13-15-18-22-26-31-37-44-51-58-71(2)3/h71-76,81H,8-70H2,1-7H3,(H,86,87)(H,88,89)/t74-,75+,76+/m0/s1. The number of hydrogen-bond acceptors (Lipinski definition) is 15. The van der Waals surface area contributed by atoms with E-state index in [1.54, 1.807) is 0 Å². The van der Waals surface area contributed by atoms with Gasteiger partial charge in [-0.05, 0) is 43.4 Å². The van der Waals surface area contributed by atoms with Crippen molar-refractivity contribution in [3.63, 3.8) is 0 Å². The molecular formula is C80H156O17P2. The summed E-state index contributed by atoms with van der Waals surface area (Å²) in [6.45, 7) is 11.9. The van der Waals surface area contributed by atoms with Gasteiger partial charge in [0.05, 0.1) is 26.4 Å². The van der Waals surface area contributed by atoms with Crippen molar-refractivity contribution in [3.8, 4) is 0 Å². The van der Waals surface area contributed by atoms with Crippen LogP contribution in [0.1, 0.15) is 414 Å². The molecule has 0 amide bonds. The number of unbranched alkanes of at least 4 members (excludes halogenated alkanes) is 46. The Kier molecular flexibility index (Phi) is 69.0. The smallest absolute Gasteiger partial charge is 0.462 e. The van der Waals surface area contributed by atoms with Crippen molar-refractivity contribution in [3.05, 3.63) is 0 Å². The van der Waals surface area contributed by atoms with E-state index in [-0.39, 0.29) is 25.7 Å². The van der Waals surface area contributed by atoms with Crippen LogP contribution in [0.2, 0.25) is 0 Å². The van der Waals surface area contributed by atoms with Gasteiger partial charge in [-0.15, -0.1) is 0 Å². The number of carbonyl (C=O) groups is 4. The fourth-order valence-corrected chi connectivity index (χ4v) is 13.9. The molecule has 0 heterocycles. The van der Waals surface area contributed by atoms with Gasteiger partial charge < -0.3 is 33.8 Å². The third-order valence-electron chi connectivity index (χ3n) is 18.6. The summed E-state index contributed by atoms with van der Waals surface area (Å²) in [6.07, 6.45) is 58.5. The van der Waals surface area contributed by atoms with Gasteiger partial charge in [-0.25, -0.2) is 9.13 Å². The molecule has 0 bridgehead atoms. The molecule has 2 unspecified atom stereocenters. The van der Waals surface area contributed by atoms with Crippen LogP contribution in [0.5, 0.6) is 0 Å². The number of ether oxygens (including phenoxy) is 4. The highest BCUT2D eigenvalue weighted by Gasteiger charge is 2.30. The average Bonchev–Trinajstić information content (AvgIpc) is 1.01. The first-order valence-corrected chi connectivity index (χ1v) is 44.3. The molecule has 19 heteroatoms. The maximum absolute atomic E-state index is 13.1. The molecule has 588 valence electrons. The fourth-order valence-electron chi connectivity index (χ4n) is 12.3. The van der Waals surface area contributed by atoms with Gasteiger partial charge in [-0.3, -0.25) is 37.3 Å². The summed E-state index contributed by atoms with van der Waals surface area (Å²) in [5.74, 6) is 0.247. The van der Waals surface area contributed by atoms with E-state index in [1.165, 1.54) is 218 Å². The van der Waals surface area contributed by atoms with Crippen molar-refractivity contribution in [2.45, 2.75) is 433 Å². The molecule has 0 saturated heterocycles. The van der Waals surface area contributed by atoms with Gasteiger partial charge in [0.1, 0.15) is 19.3 Å². The number of esters is 4. The normalized spacial score (nSPS) is 14.0. The van der Waals surface area contributed by atoms with E-state index in [0.717, 1.165) is 114 Å². The second-order valence-electron chi connectivity index (χ2n) is 30.2. The zero-order valence-electron chi connectivity index (χ0n) is 65.0. The summed E-state index contributed by atoms with van der Waals surface area (Å²) in [4.78, 5) is 72.8. The Morgan fingerprint density at radius 3 is 0.687 bits per heavy atom. The number of rotatable bonds is 78. The van der Waals surface area contributed by atoms with Crippen molar-refractivity contribution in [2.24, 2.45) is 17.8 Å². The highest BCUT2D eigenvalue weighted by Crippen LogP contribution is 2.45. The second-order valence-corrected chi connectivity index (χ2v) is 33.1. The first kappa shape index (κ1) is 97.1. The molecule has 0 aromatic rings. The van der Waals surface area contributed by atoms with E-state index < -0.39 is 97.5 Å². The Morgan fingerprint density at radius 2 is 0.465 bits per heavy atom. The van der Waals surface area contributed by atoms with Crippen LogP contribution in [0.3, 0.4) is 0 Å². The lowest BCUT2D eigenvalue weighted by Gasteiger charge is -2.21. The Bertz CT molecular complexity index is 1920. The topological polar surface area (TPSA) is 237 Å². The van der Waals surface area contributed by atoms with Gasteiger partial charge in [0.2, 0.25) is 0 Å². The van der Waals surface area contributed by atoms with Gasteiger partial charge >= 0.3 is 39.5 Å². The number of carbonyl (C=O) groups excluding carboxylic acids is 4. The van der Waals surface area contributed by atoms with Crippen molar-refractivity contribution in [1.82, 2.24) is 0 Å². The largest absolute Gasteiger partial charge is 0.472 e. The van der Waals surface area contributed by atoms with Crippen LogP contribution in [-0.4, -0.2) is 96.7 Å². The Morgan fingerprint density at radius 1 is 0.273 bits per heavy atom. The molecular weight excluding hydrogens is 1290 g/mol. The number of phosphoric acid groups is 2. The molecule has 0 radical (unpaired) electrons. The molecule has 0 aliphatic rings. The average molecular weight is 1450 g/mol. The van der Waals surface area contributed by atoms with Crippen molar-refractivity contribution in [1.29, 1.82) is 0 Å². The van der Waals surface area contributed by atoms with Crippen LogP contribution in [0.4, 0.5) is 0 Å². The monoisotopic (exact) mass is 1450 g/mol. The zero-order valence-corrected chi connectivity index (χ0v) is 66.8. The van der Waals surface area contributed by atoms with Crippen LogP contribution in [0.15, 0.2) is 0 Å². The van der Waals surface area contributed by atoms with Gasteiger partial charge in [0, 0.05) is 25.7 Å². The SMILES string of the molecule is CCCCCCCCCCC(=O)OC[C@H](COP(=O)(O)OC[C@H](O)COP(=O)(O)OC[C@@H](COC(=O)CCCCCCCCCCCCCCCCCC(C)C)OC(=O)CCCCCCCCCCCCCCCCCCCCC(C)C)OC(=O)CCCCCCCCCCCC(C)C. The predicted octanol–water partition coefficient (Wildman–Crippen LogP) is 23.7. The molecule has 0 fully saturated rings. The van der Waals surface area contributed by atoms with Gasteiger partial charge in [-0.1, -0.05) is 363 Å². The number of phosphoric ester groups is 2. The highest BCUT2D eigenvalue weighted by molar-refractivity contribution is 7.47. The van der Waals surface area contributed by atoms with E-state index in [9.17, 15) is 43.2 Å². The molecule has 17 nitrogen and oxygen atoms in total. The molecule has 0 aliphatic heterocycles. The van der Waals surface area contributed by atoms with E-state index >= 15 is 0 Å². The van der Waals surface area contributed by atoms with Crippen LogP contribution >= 0.6 is 15.6 Å². The lowest BCUT2D eigenvalue weighted by molar-refractivity contribution is -0.161. The zero-order chi connectivity index (χ0) is 73.0. The summed E-state index contributed by atoms with van der Waals surface area (Å²) < 4.78 is 68.6. The summed E-state index contributed by atoms with van der Waals surface area (Å²) in [5.41, 5.74) is 0. The third kappa shape index (κ3) is 74.1. The molecule has 0 spiro atoms. The number of aliphatic hydroxyl groups is 1. The minimum absolute atomic E-state index is 0.105. The summed E-state index contributed by atoms with van der Waals surface area (Å²) in [5, 5.41) is 10.6. The maximum atomic E-state index is 13.1. The molecule has 0 aromatic carbocycles. The minimum Gasteiger partial charge on any atom is -0.462 e. The number of hydrogen-bond donors (Lipinski definition) is 3. The van der Waals surface area contributed by atoms with E-state index in [2.05, 4.69) is 48.5 Å². The van der Waals surface area contributed by atoms with Crippen LogP contribution in [0.25, 0.3) is 0 Å². The quantitative estimate of drug-likeness (QED) is 0.0222. The highest BCUT2D eigenvalue weighted by atomic mass is 31.2. The van der Waals surface area contributed by atoms with E-state index in [4.69, 9.17) is 37.0 Å². The number of aliphatic hydroxyl groups excluding tert-OH is 1. The first-order chi connectivity index (χ1) is 47.7. The molecule has 3 N–H and O–H groups in total. The molecule has 0 saturated carbocycles. The minimum atomic E-state index is -4.96. The Hall–Kier alpha value is -1.94. The molecule has 0 rings (SSSR count). The Labute approximate surface area is 607 Å². The van der Waals surface area contributed by atoms with Gasteiger partial charge in [0.25, 0.3) is 0 Å². The van der Waals surface area contributed by atoms with Crippen molar-refractivity contribution >= 4 is 39.5 Å². The predicted molar refractivity (Wildman–Crippen MR) is 405 cm³/mol. The molecule has 99 heavy (non-hydrogen) atoms. The first-order valence-electron chi connectivity index (χ1n) is 41.3. The third-order valence-corrected chi connectivity index (χ3v) is 20.5. The summed E-state index contributed by atoms with van der Waals surface area (Å²) in [7, 11) is -9.91. The maximum Gasteiger partial charge on any atom is 0.472 e. The Balaban J connectivity index is 5.19. The molecule has 0 aliphatic carbocycles. The summed E-state index contributed by atoms with van der Waals surface area (Å²) in [6, 6.07) is 0. The van der Waals surface area contributed by atoms with E-state index in [1.807, 2.05) is 0 Å². The van der Waals surface area contributed by atoms with E-state index in [0.29, 0.717) is 25.7 Å². The van der Waals surface area contributed by atoms with Crippen LogP contribution in [-0.2, 0) is 65.4 Å². The van der Waals surface area contributed by atoms with Crippen molar-refractivity contribution in [2.75, 3.05) is 39.6 Å². The lowest BCUT2D eigenvalue weighted by Crippen LogP contribution is -2.30. The van der Waals surface area contributed by atoms with Gasteiger partial charge in [0.15, 0.2) is 12.2 Å².